The second-order valence-electron chi connectivity index (χ2n) is 4.84. The summed E-state index contributed by atoms with van der Waals surface area (Å²) in [7, 11) is 1.94. The van der Waals surface area contributed by atoms with E-state index in [1.54, 1.807) is 0 Å². The van der Waals surface area contributed by atoms with Crippen molar-refractivity contribution in [3.63, 3.8) is 0 Å². The normalized spacial score (nSPS) is 16.4. The van der Waals surface area contributed by atoms with Gasteiger partial charge in [0, 0.05) is 6.20 Å². The molecule has 0 bridgehead atoms. The van der Waals surface area contributed by atoms with Gasteiger partial charge in [0.25, 0.3) is 0 Å². The highest BCUT2D eigenvalue weighted by molar-refractivity contribution is 5.31. The summed E-state index contributed by atoms with van der Waals surface area (Å²) < 4.78 is 7.64. The van der Waals surface area contributed by atoms with Gasteiger partial charge in [-0.25, -0.2) is 4.68 Å². The molecule has 1 aromatic carbocycles. The van der Waals surface area contributed by atoms with Crippen LogP contribution in [0.4, 0.5) is 0 Å². The third-order valence-electron chi connectivity index (χ3n) is 3.46. The van der Waals surface area contributed by atoms with E-state index in [4.69, 9.17) is 4.74 Å². The van der Waals surface area contributed by atoms with Gasteiger partial charge in [-0.05, 0) is 44.2 Å². The van der Waals surface area contributed by atoms with Crippen LogP contribution in [0.1, 0.15) is 24.6 Å². The molecule has 104 valence electrons. The molecule has 1 aliphatic heterocycles. The Morgan fingerprint density at radius 2 is 2.10 bits per heavy atom. The third-order valence-corrected chi connectivity index (χ3v) is 3.46. The van der Waals surface area contributed by atoms with Crippen LogP contribution in [0.15, 0.2) is 54.4 Å². The van der Waals surface area contributed by atoms with Gasteiger partial charge in [0.15, 0.2) is 0 Å². The summed E-state index contributed by atoms with van der Waals surface area (Å²) in [5.74, 6) is 0.983. The van der Waals surface area contributed by atoms with E-state index in [-0.39, 0.29) is 6.04 Å². The van der Waals surface area contributed by atoms with Gasteiger partial charge in [-0.15, -0.1) is 0 Å². The smallest absolute Gasteiger partial charge is 0.115 e. The van der Waals surface area contributed by atoms with Crippen molar-refractivity contribution in [1.82, 2.24) is 15.1 Å². The molecular weight excluding hydrogens is 250 g/mol. The van der Waals surface area contributed by atoms with Crippen LogP contribution in [0.2, 0.25) is 0 Å². The monoisotopic (exact) mass is 269 g/mol. The molecule has 3 rings (SSSR count). The molecule has 0 spiro atoms. The van der Waals surface area contributed by atoms with Crippen LogP contribution in [0.3, 0.4) is 0 Å². The number of aromatic nitrogens is 2. The highest BCUT2D eigenvalue weighted by Gasteiger charge is 2.20. The van der Waals surface area contributed by atoms with Gasteiger partial charge < -0.3 is 10.1 Å². The number of hydrogen-bond donors (Lipinski definition) is 1. The van der Waals surface area contributed by atoms with Crippen molar-refractivity contribution in [2.45, 2.75) is 18.9 Å². The van der Waals surface area contributed by atoms with Crippen LogP contribution in [0.25, 0.3) is 5.69 Å². The summed E-state index contributed by atoms with van der Waals surface area (Å²) in [6, 6.07) is 12.2. The number of nitrogens with zero attached hydrogens (tertiary/aromatic N) is 2. The number of likely N-dealkylation sites (N-methyl/N-ethyl adjacent to an activating group) is 1. The van der Waals surface area contributed by atoms with Crippen molar-refractivity contribution in [2.24, 2.45) is 0 Å². The molecular formula is C16H19N3O. The summed E-state index contributed by atoms with van der Waals surface area (Å²) in [5.41, 5.74) is 2.04. The first kappa shape index (κ1) is 12.9. The number of para-hydroxylation sites is 1. The first-order chi connectivity index (χ1) is 9.88. The van der Waals surface area contributed by atoms with E-state index in [0.29, 0.717) is 0 Å². The number of benzene rings is 1. The molecule has 0 aliphatic carbocycles. The summed E-state index contributed by atoms with van der Waals surface area (Å²) in [6.07, 6.45) is 6.32. The summed E-state index contributed by atoms with van der Waals surface area (Å²) in [5, 5.41) is 7.94. The molecule has 0 saturated carbocycles. The molecule has 1 N–H and O–H groups in total. The Bertz CT molecular complexity index is 589. The molecule has 2 heterocycles. The molecule has 0 amide bonds. The summed E-state index contributed by atoms with van der Waals surface area (Å²) in [6.45, 7) is 0.795. The van der Waals surface area contributed by atoms with Crippen molar-refractivity contribution in [2.75, 3.05) is 13.7 Å². The molecule has 1 aliphatic rings. The Morgan fingerprint density at radius 3 is 2.80 bits per heavy atom. The summed E-state index contributed by atoms with van der Waals surface area (Å²) in [4.78, 5) is 0. The third kappa shape index (κ3) is 2.60. The van der Waals surface area contributed by atoms with Crippen molar-refractivity contribution >= 4 is 0 Å². The predicted molar refractivity (Wildman–Crippen MR) is 78.6 cm³/mol. The Labute approximate surface area is 119 Å². The number of hydrogen-bond acceptors (Lipinski definition) is 3. The molecule has 1 aromatic heterocycles. The number of nitrogens with one attached hydrogen (secondary N) is 1. The molecule has 0 fully saturated rings. The molecule has 2 aromatic rings. The second-order valence-corrected chi connectivity index (χ2v) is 4.84. The van der Waals surface area contributed by atoms with Crippen molar-refractivity contribution < 1.29 is 4.74 Å². The van der Waals surface area contributed by atoms with Gasteiger partial charge in [0.05, 0.1) is 18.0 Å². The van der Waals surface area contributed by atoms with Crippen LogP contribution >= 0.6 is 0 Å². The minimum Gasteiger partial charge on any atom is -0.496 e. The van der Waals surface area contributed by atoms with Crippen LogP contribution < -0.4 is 5.32 Å². The van der Waals surface area contributed by atoms with Crippen LogP contribution in [-0.4, -0.2) is 23.4 Å². The molecule has 4 heteroatoms. The highest BCUT2D eigenvalue weighted by Crippen LogP contribution is 2.25. The van der Waals surface area contributed by atoms with Crippen molar-refractivity contribution in [3.05, 3.63) is 60.1 Å². The molecule has 1 unspecified atom stereocenters. The van der Waals surface area contributed by atoms with Gasteiger partial charge in [-0.3, -0.25) is 0 Å². The van der Waals surface area contributed by atoms with Gasteiger partial charge in [0.2, 0.25) is 0 Å². The quantitative estimate of drug-likeness (QED) is 0.927. The minimum absolute atomic E-state index is 0.0280. The fourth-order valence-electron chi connectivity index (χ4n) is 2.43. The van der Waals surface area contributed by atoms with Gasteiger partial charge in [0.1, 0.15) is 11.8 Å². The first-order valence-electron chi connectivity index (χ1n) is 6.99. The van der Waals surface area contributed by atoms with E-state index in [0.717, 1.165) is 36.6 Å². The van der Waals surface area contributed by atoms with E-state index in [9.17, 15) is 0 Å². The lowest BCUT2D eigenvalue weighted by molar-refractivity contribution is 0.168. The zero-order chi connectivity index (χ0) is 13.8. The van der Waals surface area contributed by atoms with E-state index in [1.807, 2.05) is 54.3 Å². The van der Waals surface area contributed by atoms with Gasteiger partial charge in [-0.1, -0.05) is 18.2 Å². The lowest BCUT2D eigenvalue weighted by atomic mass is 10.1. The van der Waals surface area contributed by atoms with Crippen molar-refractivity contribution in [1.29, 1.82) is 0 Å². The first-order valence-corrected chi connectivity index (χ1v) is 6.99. The van der Waals surface area contributed by atoms with E-state index in [2.05, 4.69) is 16.5 Å². The van der Waals surface area contributed by atoms with Crippen LogP contribution in [0, 0.1) is 0 Å². The lowest BCUT2D eigenvalue weighted by Crippen LogP contribution is -2.22. The van der Waals surface area contributed by atoms with Gasteiger partial charge in [-0.2, -0.15) is 5.10 Å². The molecule has 1 atom stereocenters. The Kier molecular flexibility index (Phi) is 3.83. The fourth-order valence-corrected chi connectivity index (χ4v) is 2.43. The number of allylic oxidation sites excluding steroid dienone is 1. The molecule has 4 nitrogen and oxygen atoms in total. The van der Waals surface area contributed by atoms with Crippen molar-refractivity contribution in [3.8, 4) is 5.69 Å². The number of rotatable bonds is 4. The Morgan fingerprint density at radius 1 is 1.25 bits per heavy atom. The summed E-state index contributed by atoms with van der Waals surface area (Å²) >= 11 is 0. The maximum atomic E-state index is 5.75. The van der Waals surface area contributed by atoms with Gasteiger partial charge >= 0.3 is 0 Å². The predicted octanol–water partition coefficient (Wildman–Crippen LogP) is 2.83. The zero-order valence-corrected chi connectivity index (χ0v) is 11.6. The Hall–Kier alpha value is -2.07. The van der Waals surface area contributed by atoms with Crippen LogP contribution in [0.5, 0.6) is 0 Å². The topological polar surface area (TPSA) is 39.1 Å². The maximum absolute atomic E-state index is 5.75. The average molecular weight is 269 g/mol. The molecule has 20 heavy (non-hydrogen) atoms. The molecule has 0 radical (unpaired) electrons. The Balaban J connectivity index is 1.86. The van der Waals surface area contributed by atoms with Crippen LogP contribution in [-0.2, 0) is 4.74 Å². The second kappa shape index (κ2) is 5.92. The standard InChI is InChI=1S/C16H19N3O/c1-17-16(15-9-5-6-12-20-15)14-10-11-19(18-14)13-7-3-2-4-8-13/h2-4,7-11,16-17H,5-6,12H2,1H3. The highest BCUT2D eigenvalue weighted by atomic mass is 16.5. The zero-order valence-electron chi connectivity index (χ0n) is 11.6. The average Bonchev–Trinajstić information content (AvgIpc) is 3.00. The lowest BCUT2D eigenvalue weighted by Gasteiger charge is -2.22. The number of ether oxygens (including phenoxy) is 1. The van der Waals surface area contributed by atoms with E-state index in [1.165, 1.54) is 0 Å². The molecule has 0 saturated heterocycles. The SMILES string of the molecule is CNC(C1=CCCCO1)c1ccn(-c2ccccc2)n1. The van der Waals surface area contributed by atoms with E-state index >= 15 is 0 Å². The van der Waals surface area contributed by atoms with E-state index < -0.39 is 0 Å². The maximum Gasteiger partial charge on any atom is 0.115 e. The fraction of sp³-hybridized carbons (Fsp3) is 0.312. The largest absolute Gasteiger partial charge is 0.496 e. The minimum atomic E-state index is 0.0280.